The molecule has 0 fully saturated rings. The van der Waals surface area contributed by atoms with E-state index in [-0.39, 0.29) is 28.2 Å². The molecule has 0 saturated carbocycles. The first-order valence-corrected chi connectivity index (χ1v) is 10.8. The fourth-order valence-corrected chi connectivity index (χ4v) is 4.64. The van der Waals surface area contributed by atoms with E-state index in [9.17, 15) is 31.9 Å². The van der Waals surface area contributed by atoms with Crippen molar-refractivity contribution in [1.29, 1.82) is 0 Å². The molecule has 14 heteroatoms. The summed E-state index contributed by atoms with van der Waals surface area (Å²) in [6.45, 7) is 0. The minimum Gasteiger partial charge on any atom is -0.403 e. The van der Waals surface area contributed by atoms with Crippen molar-refractivity contribution in [1.82, 2.24) is 14.5 Å². The first-order chi connectivity index (χ1) is 15.5. The largest absolute Gasteiger partial charge is 0.573 e. The molecule has 0 radical (unpaired) electrons. The van der Waals surface area contributed by atoms with Crippen LogP contribution in [0.25, 0.3) is 21.5 Å². The maximum atomic E-state index is 13.6. The number of benzene rings is 1. The van der Waals surface area contributed by atoms with E-state index in [4.69, 9.17) is 0 Å². The Morgan fingerprint density at radius 1 is 1.24 bits per heavy atom. The quantitative estimate of drug-likeness (QED) is 0.407. The summed E-state index contributed by atoms with van der Waals surface area (Å²) in [6, 6.07) is 2.91. The maximum absolute atomic E-state index is 13.6. The highest BCUT2D eigenvalue weighted by Crippen LogP contribution is 2.32. The summed E-state index contributed by atoms with van der Waals surface area (Å²) in [5.74, 6) is -2.68. The Balaban J connectivity index is 1.52. The second kappa shape index (κ2) is 8.44. The molecule has 1 aromatic carbocycles. The fourth-order valence-electron chi connectivity index (χ4n) is 2.96. The van der Waals surface area contributed by atoms with Crippen LogP contribution < -0.4 is 21.3 Å². The number of H-pyrrole nitrogens is 1. The van der Waals surface area contributed by atoms with Crippen molar-refractivity contribution in [2.75, 3.05) is 5.32 Å². The van der Waals surface area contributed by atoms with Gasteiger partial charge in [0.05, 0.1) is 17.5 Å². The Morgan fingerprint density at radius 2 is 2.00 bits per heavy atom. The second-order valence-corrected chi connectivity index (χ2v) is 8.45. The van der Waals surface area contributed by atoms with Gasteiger partial charge in [-0.2, -0.15) is 0 Å². The van der Waals surface area contributed by atoms with Gasteiger partial charge in [-0.3, -0.25) is 19.1 Å². The minimum atomic E-state index is -5.06. The number of fused-ring (bicyclic) bond motifs is 1. The lowest BCUT2D eigenvalue weighted by Crippen LogP contribution is -2.32. The molecule has 3 aromatic heterocycles. The van der Waals surface area contributed by atoms with E-state index in [0.29, 0.717) is 10.4 Å². The Labute approximate surface area is 189 Å². The number of nitrogens with zero attached hydrogens (tertiary/aromatic N) is 2. The molecule has 0 aliphatic carbocycles. The van der Waals surface area contributed by atoms with Crippen LogP contribution in [0.1, 0.15) is 5.56 Å². The number of hydrogen-bond acceptors (Lipinski definition) is 7. The SMILES string of the molecule is Cn1c(=O)[nH]c2scc(CC(=O)Nc3nc(-c4ccc(F)c(OC(F)(F)F)c4)cs3)c2c1=O. The lowest BCUT2D eigenvalue weighted by Gasteiger charge is -2.10. The third-order valence-electron chi connectivity index (χ3n) is 4.47. The first kappa shape index (κ1) is 22.7. The van der Waals surface area contributed by atoms with Gasteiger partial charge in [-0.15, -0.1) is 35.8 Å². The molecule has 172 valence electrons. The number of aromatic nitrogens is 3. The number of rotatable bonds is 5. The van der Waals surface area contributed by atoms with E-state index >= 15 is 0 Å². The highest BCUT2D eigenvalue weighted by atomic mass is 32.1. The normalized spacial score (nSPS) is 11.7. The van der Waals surface area contributed by atoms with Crippen molar-refractivity contribution < 1.29 is 27.1 Å². The van der Waals surface area contributed by atoms with Crippen LogP contribution in [0.4, 0.5) is 22.7 Å². The number of halogens is 4. The predicted octanol–water partition coefficient (Wildman–Crippen LogP) is 3.63. The van der Waals surface area contributed by atoms with Gasteiger partial charge in [-0.1, -0.05) is 0 Å². The van der Waals surface area contributed by atoms with Gasteiger partial charge >= 0.3 is 12.1 Å². The smallest absolute Gasteiger partial charge is 0.403 e. The maximum Gasteiger partial charge on any atom is 0.573 e. The Morgan fingerprint density at radius 3 is 2.73 bits per heavy atom. The number of ether oxygens (including phenoxy) is 1. The average molecular weight is 500 g/mol. The molecule has 0 unspecified atom stereocenters. The zero-order valence-corrected chi connectivity index (χ0v) is 18.1. The second-order valence-electron chi connectivity index (χ2n) is 6.72. The number of thiazole rings is 1. The molecule has 0 atom stereocenters. The number of anilines is 1. The van der Waals surface area contributed by atoms with E-state index in [2.05, 4.69) is 20.0 Å². The van der Waals surface area contributed by atoms with Crippen LogP contribution in [0.15, 0.2) is 38.5 Å². The van der Waals surface area contributed by atoms with Crippen LogP contribution in [0.3, 0.4) is 0 Å². The van der Waals surface area contributed by atoms with Gasteiger partial charge in [-0.05, 0) is 29.1 Å². The zero-order valence-electron chi connectivity index (χ0n) is 16.4. The lowest BCUT2D eigenvalue weighted by atomic mass is 10.1. The summed E-state index contributed by atoms with van der Waals surface area (Å²) in [5.41, 5.74) is -0.306. The molecule has 1 amide bonds. The Bertz CT molecular complexity index is 1490. The van der Waals surface area contributed by atoms with Crippen LogP contribution in [-0.4, -0.2) is 26.8 Å². The van der Waals surface area contributed by atoms with Gasteiger partial charge in [0.25, 0.3) is 5.56 Å². The number of carbonyl (C=O) groups excluding carboxylic acids is 1. The van der Waals surface area contributed by atoms with Crippen LogP contribution in [0.5, 0.6) is 5.75 Å². The average Bonchev–Trinajstić information content (AvgIpc) is 3.34. The Kier molecular flexibility index (Phi) is 5.80. The summed E-state index contributed by atoms with van der Waals surface area (Å²) in [4.78, 5) is 43.6. The molecule has 0 bridgehead atoms. The van der Waals surface area contributed by atoms with Gasteiger partial charge < -0.3 is 10.1 Å². The molecular formula is C19H12F4N4O4S2. The highest BCUT2D eigenvalue weighted by Gasteiger charge is 2.32. The van der Waals surface area contributed by atoms with Crippen molar-refractivity contribution in [2.24, 2.45) is 7.05 Å². The van der Waals surface area contributed by atoms with E-state index in [1.807, 2.05) is 0 Å². The predicted molar refractivity (Wildman–Crippen MR) is 114 cm³/mol. The van der Waals surface area contributed by atoms with Crippen molar-refractivity contribution in [3.05, 3.63) is 61.2 Å². The number of aromatic amines is 1. The summed E-state index contributed by atoms with van der Waals surface area (Å²) in [7, 11) is 1.32. The van der Waals surface area contributed by atoms with Crippen molar-refractivity contribution in [3.8, 4) is 17.0 Å². The number of thiophene rings is 1. The number of carbonyl (C=O) groups is 1. The van der Waals surface area contributed by atoms with Crippen LogP contribution in [0.2, 0.25) is 0 Å². The molecular weight excluding hydrogens is 488 g/mol. The van der Waals surface area contributed by atoms with Gasteiger partial charge in [0.15, 0.2) is 16.7 Å². The number of amides is 1. The third-order valence-corrected chi connectivity index (χ3v) is 6.17. The van der Waals surface area contributed by atoms with E-state index in [1.165, 1.54) is 18.5 Å². The third kappa shape index (κ3) is 4.80. The summed E-state index contributed by atoms with van der Waals surface area (Å²) >= 11 is 2.13. The highest BCUT2D eigenvalue weighted by molar-refractivity contribution is 7.17. The van der Waals surface area contributed by atoms with Crippen molar-refractivity contribution >= 4 is 43.9 Å². The molecule has 33 heavy (non-hydrogen) atoms. The van der Waals surface area contributed by atoms with Crippen LogP contribution >= 0.6 is 22.7 Å². The molecule has 0 aliphatic rings. The first-order valence-electron chi connectivity index (χ1n) is 9.02. The van der Waals surface area contributed by atoms with Gasteiger partial charge in [0, 0.05) is 18.0 Å². The van der Waals surface area contributed by atoms with Crippen LogP contribution in [0, 0.1) is 5.82 Å². The fraction of sp³-hybridized carbons (Fsp3) is 0.158. The molecule has 2 N–H and O–H groups in total. The molecule has 8 nitrogen and oxygen atoms in total. The standard InChI is InChI=1S/C19H12F4N4O4S2/c1-27-16(29)14-9(6-32-15(14)26-18(27)30)5-13(28)25-17-24-11(7-33-17)8-2-3-10(20)12(4-8)31-19(21,22)23/h2-4,6-7H,5H2,1H3,(H,26,30)(H,24,25,28). The molecule has 0 saturated heterocycles. The van der Waals surface area contributed by atoms with E-state index < -0.39 is 35.1 Å². The number of alkyl halides is 3. The monoisotopic (exact) mass is 500 g/mol. The van der Waals surface area contributed by atoms with Crippen LogP contribution in [-0.2, 0) is 18.3 Å². The summed E-state index contributed by atoms with van der Waals surface area (Å²) < 4.78 is 55.5. The van der Waals surface area contributed by atoms with Crippen molar-refractivity contribution in [2.45, 2.75) is 12.8 Å². The molecule has 3 heterocycles. The topological polar surface area (TPSA) is 106 Å². The molecule has 4 aromatic rings. The summed E-state index contributed by atoms with van der Waals surface area (Å²) in [5, 5.41) is 6.01. The van der Waals surface area contributed by atoms with Crippen molar-refractivity contribution in [3.63, 3.8) is 0 Å². The van der Waals surface area contributed by atoms with E-state index in [1.54, 1.807) is 5.38 Å². The Hall–Kier alpha value is -3.52. The zero-order chi connectivity index (χ0) is 23.9. The molecule has 4 rings (SSSR count). The molecule has 0 aliphatic heterocycles. The van der Waals surface area contributed by atoms with Gasteiger partial charge in [-0.25, -0.2) is 14.2 Å². The van der Waals surface area contributed by atoms with E-state index in [0.717, 1.165) is 39.4 Å². The number of hydrogen-bond donors (Lipinski definition) is 2. The summed E-state index contributed by atoms with van der Waals surface area (Å²) in [6.07, 6.45) is -5.23. The minimum absolute atomic E-state index is 0.151. The molecule has 0 spiro atoms. The lowest BCUT2D eigenvalue weighted by molar-refractivity contribution is -0.275. The van der Waals surface area contributed by atoms with Gasteiger partial charge in [0.2, 0.25) is 5.91 Å². The van der Waals surface area contributed by atoms with Gasteiger partial charge in [0.1, 0.15) is 4.83 Å². The number of nitrogens with one attached hydrogen (secondary N) is 2.